The van der Waals surface area contributed by atoms with E-state index in [9.17, 15) is 9.18 Å². The van der Waals surface area contributed by atoms with Gasteiger partial charge in [-0.05, 0) is 31.0 Å². The maximum atomic E-state index is 13.5. The molecule has 5 nitrogen and oxygen atoms in total. The molecule has 1 amide bonds. The zero-order valence-corrected chi connectivity index (χ0v) is 15.8. The van der Waals surface area contributed by atoms with Crippen LogP contribution >= 0.6 is 24.0 Å². The highest BCUT2D eigenvalue weighted by atomic mass is 127. The number of carbonyl (C=O) groups is 1. The van der Waals surface area contributed by atoms with Gasteiger partial charge in [-0.2, -0.15) is 0 Å². The summed E-state index contributed by atoms with van der Waals surface area (Å²) in [4.78, 5) is 17.4. The van der Waals surface area contributed by atoms with Gasteiger partial charge in [0.25, 0.3) is 0 Å². The van der Waals surface area contributed by atoms with E-state index in [1.807, 2.05) is 13.0 Å². The van der Waals surface area contributed by atoms with Crippen LogP contribution in [-0.2, 0) is 11.3 Å². The Labute approximate surface area is 148 Å². The molecular formula is C15H24FIN4O. The summed E-state index contributed by atoms with van der Waals surface area (Å²) in [6.07, 6.45) is 0. The van der Waals surface area contributed by atoms with E-state index in [0.717, 1.165) is 5.56 Å². The second-order valence-corrected chi connectivity index (χ2v) is 4.92. The number of nitrogens with one attached hydrogen (secondary N) is 2. The Balaban J connectivity index is 0.00000441. The Morgan fingerprint density at radius 1 is 1.32 bits per heavy atom. The number of hydrogen-bond acceptors (Lipinski definition) is 2. The first-order valence-corrected chi connectivity index (χ1v) is 6.91. The fraction of sp³-hybridized carbons (Fsp3) is 0.467. The minimum absolute atomic E-state index is 0. The number of guanidine groups is 1. The van der Waals surface area contributed by atoms with Crippen LogP contribution in [0.2, 0.25) is 0 Å². The molecule has 0 radical (unpaired) electrons. The first-order chi connectivity index (χ1) is 9.93. The van der Waals surface area contributed by atoms with Gasteiger partial charge in [0.2, 0.25) is 5.91 Å². The molecule has 1 aromatic carbocycles. The molecule has 22 heavy (non-hydrogen) atoms. The summed E-state index contributed by atoms with van der Waals surface area (Å²) in [7, 11) is 3.40. The zero-order chi connectivity index (χ0) is 15.8. The van der Waals surface area contributed by atoms with Crippen LogP contribution in [0.3, 0.4) is 0 Å². The molecule has 0 saturated heterocycles. The molecule has 0 fully saturated rings. The third-order valence-corrected chi connectivity index (χ3v) is 2.91. The molecule has 124 valence electrons. The van der Waals surface area contributed by atoms with Crippen molar-refractivity contribution in [2.24, 2.45) is 4.99 Å². The molecule has 0 atom stereocenters. The van der Waals surface area contributed by atoms with E-state index < -0.39 is 0 Å². The number of hydrogen-bond donors (Lipinski definition) is 2. The van der Waals surface area contributed by atoms with Crippen molar-refractivity contribution < 1.29 is 9.18 Å². The Morgan fingerprint density at radius 2 is 2.00 bits per heavy atom. The fourth-order valence-corrected chi connectivity index (χ4v) is 1.56. The van der Waals surface area contributed by atoms with E-state index in [4.69, 9.17) is 0 Å². The Hall–Kier alpha value is -1.38. The molecular weight excluding hydrogens is 398 g/mol. The summed E-state index contributed by atoms with van der Waals surface area (Å²) in [6.45, 7) is 4.87. The number of nitrogens with zero attached hydrogens (tertiary/aromatic N) is 2. The second kappa shape index (κ2) is 10.4. The Kier molecular flexibility index (Phi) is 9.71. The first kappa shape index (κ1) is 20.6. The van der Waals surface area contributed by atoms with E-state index in [1.165, 1.54) is 11.0 Å². The molecule has 1 aromatic rings. The van der Waals surface area contributed by atoms with Gasteiger partial charge >= 0.3 is 0 Å². The number of amides is 1. The summed E-state index contributed by atoms with van der Waals surface area (Å²) in [6, 6.07) is 5.06. The first-order valence-electron chi connectivity index (χ1n) is 6.91. The van der Waals surface area contributed by atoms with Crippen LogP contribution in [0.15, 0.2) is 23.2 Å². The molecule has 0 aliphatic carbocycles. The number of likely N-dealkylation sites (N-methyl/N-ethyl adjacent to an activating group) is 1. The van der Waals surface area contributed by atoms with Crippen molar-refractivity contribution in [1.29, 1.82) is 0 Å². The minimum Gasteiger partial charge on any atom is -0.357 e. The smallest absolute Gasteiger partial charge is 0.241 e. The van der Waals surface area contributed by atoms with Crippen LogP contribution in [0.25, 0.3) is 0 Å². The standard InChI is InChI=1S/C15H23FN4O.HI/c1-5-17-15(19-10-14(21)20(3)4)18-9-12-7-6-11(2)13(16)8-12;/h6-8H,5,9-10H2,1-4H3,(H2,17,18,19);1H. The number of rotatable bonds is 5. The molecule has 0 saturated carbocycles. The average molecular weight is 422 g/mol. The van der Waals surface area contributed by atoms with Gasteiger partial charge in [-0.25, -0.2) is 9.38 Å². The van der Waals surface area contributed by atoms with E-state index in [0.29, 0.717) is 24.6 Å². The lowest BCUT2D eigenvalue weighted by Crippen LogP contribution is -2.42. The van der Waals surface area contributed by atoms with Gasteiger partial charge in [-0.3, -0.25) is 4.79 Å². The Morgan fingerprint density at radius 3 is 2.55 bits per heavy atom. The van der Waals surface area contributed by atoms with E-state index >= 15 is 0 Å². The molecule has 7 heteroatoms. The minimum atomic E-state index is -0.233. The van der Waals surface area contributed by atoms with Gasteiger partial charge in [0, 0.05) is 20.6 Å². The SMILES string of the molecule is CCNC(=NCc1ccc(C)c(F)c1)NCC(=O)N(C)C.I. The van der Waals surface area contributed by atoms with Gasteiger partial charge in [0.1, 0.15) is 5.82 Å². The van der Waals surface area contributed by atoms with Crippen molar-refractivity contribution in [3.8, 4) is 0 Å². The molecule has 0 aromatic heterocycles. The maximum absolute atomic E-state index is 13.5. The van der Waals surface area contributed by atoms with Crippen LogP contribution in [0.5, 0.6) is 0 Å². The van der Waals surface area contributed by atoms with Crippen LogP contribution < -0.4 is 10.6 Å². The lowest BCUT2D eigenvalue weighted by Gasteiger charge is -2.14. The molecule has 0 aliphatic rings. The maximum Gasteiger partial charge on any atom is 0.241 e. The molecule has 0 aliphatic heterocycles. The zero-order valence-electron chi connectivity index (χ0n) is 13.4. The molecule has 1 rings (SSSR count). The van der Waals surface area contributed by atoms with Crippen molar-refractivity contribution in [3.05, 3.63) is 35.1 Å². The summed E-state index contributed by atoms with van der Waals surface area (Å²) in [5, 5.41) is 6.00. The third kappa shape index (κ3) is 7.06. The number of aryl methyl sites for hydroxylation is 1. The summed E-state index contributed by atoms with van der Waals surface area (Å²) < 4.78 is 13.5. The van der Waals surface area contributed by atoms with Crippen LogP contribution in [0, 0.1) is 12.7 Å². The summed E-state index contributed by atoms with van der Waals surface area (Å²) in [5.41, 5.74) is 1.40. The van der Waals surface area contributed by atoms with Crippen LogP contribution in [0.1, 0.15) is 18.1 Å². The molecule has 0 bridgehead atoms. The number of aliphatic imine (C=N–C) groups is 1. The summed E-state index contributed by atoms with van der Waals surface area (Å²) >= 11 is 0. The molecule has 2 N–H and O–H groups in total. The van der Waals surface area contributed by atoms with Gasteiger partial charge in [0.15, 0.2) is 5.96 Å². The highest BCUT2D eigenvalue weighted by Crippen LogP contribution is 2.09. The number of benzene rings is 1. The van der Waals surface area contributed by atoms with Gasteiger partial charge in [0.05, 0.1) is 13.1 Å². The van der Waals surface area contributed by atoms with Crippen LogP contribution in [-0.4, -0.2) is 44.0 Å². The Bertz CT molecular complexity index is 520. The van der Waals surface area contributed by atoms with Crippen molar-refractivity contribution >= 4 is 35.8 Å². The molecule has 0 spiro atoms. The molecule has 0 heterocycles. The van der Waals surface area contributed by atoms with E-state index in [2.05, 4.69) is 15.6 Å². The monoisotopic (exact) mass is 422 g/mol. The quantitative estimate of drug-likeness (QED) is 0.433. The lowest BCUT2D eigenvalue weighted by atomic mass is 10.1. The van der Waals surface area contributed by atoms with Gasteiger partial charge < -0.3 is 15.5 Å². The lowest BCUT2D eigenvalue weighted by molar-refractivity contribution is -0.127. The van der Waals surface area contributed by atoms with Crippen molar-refractivity contribution in [3.63, 3.8) is 0 Å². The topological polar surface area (TPSA) is 56.7 Å². The molecule has 0 unspecified atom stereocenters. The van der Waals surface area contributed by atoms with Gasteiger partial charge in [-0.1, -0.05) is 12.1 Å². The largest absolute Gasteiger partial charge is 0.357 e. The predicted molar refractivity (Wildman–Crippen MR) is 98.1 cm³/mol. The number of halogens is 2. The summed E-state index contributed by atoms with van der Waals surface area (Å²) in [5.74, 6) is 0.263. The third-order valence-electron chi connectivity index (χ3n) is 2.91. The van der Waals surface area contributed by atoms with Crippen LogP contribution in [0.4, 0.5) is 4.39 Å². The van der Waals surface area contributed by atoms with Crippen molar-refractivity contribution in [2.75, 3.05) is 27.2 Å². The van der Waals surface area contributed by atoms with Crippen molar-refractivity contribution in [1.82, 2.24) is 15.5 Å². The van der Waals surface area contributed by atoms with E-state index in [1.54, 1.807) is 27.1 Å². The fourth-order valence-electron chi connectivity index (χ4n) is 1.56. The second-order valence-electron chi connectivity index (χ2n) is 4.92. The van der Waals surface area contributed by atoms with Gasteiger partial charge in [-0.15, -0.1) is 24.0 Å². The highest BCUT2D eigenvalue weighted by Gasteiger charge is 2.05. The van der Waals surface area contributed by atoms with Crippen molar-refractivity contribution in [2.45, 2.75) is 20.4 Å². The van der Waals surface area contributed by atoms with E-state index in [-0.39, 0.29) is 42.2 Å². The predicted octanol–water partition coefficient (Wildman–Crippen LogP) is 1.90. The highest BCUT2D eigenvalue weighted by molar-refractivity contribution is 14.0. The number of carbonyl (C=O) groups excluding carboxylic acids is 1. The average Bonchev–Trinajstić information content (AvgIpc) is 2.45. The normalized spacial score (nSPS) is 10.7.